The Hall–Kier alpha value is -0.620. The molecule has 0 aromatic rings. The van der Waals surface area contributed by atoms with Crippen LogP contribution in [0.3, 0.4) is 0 Å². The van der Waals surface area contributed by atoms with Crippen LogP contribution in [-0.2, 0) is 9.53 Å². The van der Waals surface area contributed by atoms with E-state index in [1.807, 2.05) is 0 Å². The van der Waals surface area contributed by atoms with Crippen LogP contribution in [0.4, 0.5) is 0 Å². The number of hydrogen-bond donors (Lipinski definition) is 0. The van der Waals surface area contributed by atoms with E-state index in [-0.39, 0.29) is 17.6 Å². The van der Waals surface area contributed by atoms with Crippen molar-refractivity contribution in [2.75, 3.05) is 12.5 Å². The van der Waals surface area contributed by atoms with Crippen LogP contribution in [0.1, 0.15) is 13.8 Å². The van der Waals surface area contributed by atoms with Gasteiger partial charge in [-0.25, -0.2) is 0 Å². The fourth-order valence-electron chi connectivity index (χ4n) is 0.496. The molecule has 0 bridgehead atoms. The van der Waals surface area contributed by atoms with Gasteiger partial charge in [-0.15, -0.1) is 0 Å². The van der Waals surface area contributed by atoms with Crippen molar-refractivity contribution < 1.29 is 14.5 Å². The quantitative estimate of drug-likeness (QED) is 0.368. The maximum Gasteiger partial charge on any atom is 0.229 e. The van der Waals surface area contributed by atoms with Crippen LogP contribution in [0.15, 0.2) is 0 Å². The third-order valence-corrected chi connectivity index (χ3v) is 1.68. The van der Waals surface area contributed by atoms with Gasteiger partial charge in [0.05, 0.1) is 0 Å². The maximum absolute atomic E-state index is 10.4. The molecule has 0 rings (SSSR count). The molecule has 70 valence electrons. The van der Waals surface area contributed by atoms with Crippen molar-refractivity contribution in [1.82, 2.24) is 0 Å². The van der Waals surface area contributed by atoms with Gasteiger partial charge in [0.1, 0.15) is 12.0 Å². The lowest BCUT2D eigenvalue weighted by Gasteiger charge is -2.06. The number of thioether (sulfide) groups is 1. The fourth-order valence-corrected chi connectivity index (χ4v) is 0.962. The van der Waals surface area contributed by atoms with E-state index in [9.17, 15) is 14.9 Å². The lowest BCUT2D eigenvalue weighted by molar-refractivity contribution is -0.490. The Morgan fingerprint density at radius 1 is 1.75 bits per heavy atom. The molecular formula is C6H11NO4S. The van der Waals surface area contributed by atoms with Crippen LogP contribution in [-0.4, -0.2) is 28.6 Å². The van der Waals surface area contributed by atoms with E-state index in [1.165, 1.54) is 6.92 Å². The summed E-state index contributed by atoms with van der Waals surface area (Å²) in [6, 6.07) is 0. The summed E-state index contributed by atoms with van der Waals surface area (Å²) in [5, 5.41) is 9.91. The van der Waals surface area contributed by atoms with E-state index in [1.54, 1.807) is 6.92 Å². The van der Waals surface area contributed by atoms with Crippen LogP contribution >= 0.6 is 11.8 Å². The van der Waals surface area contributed by atoms with Crippen LogP contribution in [0, 0.1) is 10.1 Å². The number of rotatable bonds is 5. The van der Waals surface area contributed by atoms with E-state index in [4.69, 9.17) is 4.74 Å². The van der Waals surface area contributed by atoms with E-state index in [0.717, 1.165) is 11.8 Å². The van der Waals surface area contributed by atoms with Gasteiger partial charge in [0.15, 0.2) is 5.12 Å². The van der Waals surface area contributed by atoms with Crippen molar-refractivity contribution in [3.05, 3.63) is 10.1 Å². The maximum atomic E-state index is 10.4. The molecule has 0 amide bonds. The number of nitrogens with zero attached hydrogens (tertiary/aromatic N) is 1. The second kappa shape index (κ2) is 5.96. The number of carbonyl (C=O) groups excluding carboxylic acids is 1. The standard InChI is InChI=1S/C6H11NO4S/c1-5(3-7(9)10)11-4-12-6(2)8/h5H,3-4H2,1-2H3. The normalized spacial score (nSPS) is 12.5. The monoisotopic (exact) mass is 193 g/mol. The Morgan fingerprint density at radius 2 is 2.33 bits per heavy atom. The number of ether oxygens (including phenoxy) is 1. The third kappa shape index (κ3) is 7.49. The molecule has 5 nitrogen and oxygen atoms in total. The van der Waals surface area contributed by atoms with Gasteiger partial charge < -0.3 is 4.74 Å². The van der Waals surface area contributed by atoms with Gasteiger partial charge in [0.25, 0.3) is 0 Å². The van der Waals surface area contributed by atoms with Crippen molar-refractivity contribution in [3.8, 4) is 0 Å². The fraction of sp³-hybridized carbons (Fsp3) is 0.833. The summed E-state index contributed by atoms with van der Waals surface area (Å²) < 4.78 is 4.96. The Morgan fingerprint density at radius 3 is 2.75 bits per heavy atom. The molecular weight excluding hydrogens is 182 g/mol. The zero-order valence-corrected chi connectivity index (χ0v) is 7.80. The molecule has 0 aliphatic carbocycles. The minimum atomic E-state index is -0.441. The SMILES string of the molecule is CC(=O)SCOC(C)C[N+](=O)[O-]. The third-order valence-electron chi connectivity index (χ3n) is 1.02. The molecule has 0 aromatic carbocycles. The molecule has 0 aliphatic heterocycles. The molecule has 0 N–H and O–H groups in total. The van der Waals surface area contributed by atoms with Crippen LogP contribution in [0.2, 0.25) is 0 Å². The van der Waals surface area contributed by atoms with E-state index in [0.29, 0.717) is 0 Å². The number of hydrogen-bond acceptors (Lipinski definition) is 5. The highest BCUT2D eigenvalue weighted by Gasteiger charge is 2.09. The Kier molecular flexibility index (Phi) is 5.65. The first-order chi connectivity index (χ1) is 5.52. The molecule has 0 saturated heterocycles. The van der Waals surface area contributed by atoms with Crippen molar-refractivity contribution in [2.45, 2.75) is 20.0 Å². The van der Waals surface area contributed by atoms with Gasteiger partial charge in [-0.05, 0) is 6.92 Å². The molecule has 0 saturated carbocycles. The van der Waals surface area contributed by atoms with Gasteiger partial charge in [-0.1, -0.05) is 11.8 Å². The molecule has 0 radical (unpaired) electrons. The summed E-state index contributed by atoms with van der Waals surface area (Å²) in [6.45, 7) is 2.80. The highest BCUT2D eigenvalue weighted by atomic mass is 32.2. The van der Waals surface area contributed by atoms with Crippen molar-refractivity contribution >= 4 is 16.9 Å². The molecule has 0 aliphatic rings. The molecule has 0 aromatic heterocycles. The largest absolute Gasteiger partial charge is 0.361 e. The van der Waals surface area contributed by atoms with Crippen molar-refractivity contribution in [3.63, 3.8) is 0 Å². The zero-order valence-electron chi connectivity index (χ0n) is 6.98. The first-order valence-corrected chi connectivity index (χ1v) is 4.37. The molecule has 12 heavy (non-hydrogen) atoms. The van der Waals surface area contributed by atoms with E-state index < -0.39 is 11.0 Å². The summed E-state index contributed by atoms with van der Waals surface area (Å²) in [6.07, 6.45) is -0.438. The van der Waals surface area contributed by atoms with Crippen LogP contribution in [0.25, 0.3) is 0 Å². The van der Waals surface area contributed by atoms with E-state index >= 15 is 0 Å². The second-order valence-corrected chi connectivity index (χ2v) is 3.35. The van der Waals surface area contributed by atoms with Crippen LogP contribution < -0.4 is 0 Å². The predicted octanol–water partition coefficient (Wildman–Crippen LogP) is 0.905. The van der Waals surface area contributed by atoms with Gasteiger partial charge in [0.2, 0.25) is 6.54 Å². The van der Waals surface area contributed by atoms with Crippen molar-refractivity contribution in [1.29, 1.82) is 0 Å². The molecule has 1 atom stereocenters. The molecule has 0 heterocycles. The Labute approximate surface area is 74.6 Å². The second-order valence-electron chi connectivity index (χ2n) is 2.25. The molecule has 0 spiro atoms. The highest BCUT2D eigenvalue weighted by Crippen LogP contribution is 2.03. The van der Waals surface area contributed by atoms with Gasteiger partial charge in [-0.2, -0.15) is 0 Å². The Bertz CT molecular complexity index is 173. The predicted molar refractivity (Wildman–Crippen MR) is 45.5 cm³/mol. The summed E-state index contributed by atoms with van der Waals surface area (Å²) in [5.74, 6) is 0.185. The summed E-state index contributed by atoms with van der Waals surface area (Å²) in [4.78, 5) is 19.9. The minimum absolute atomic E-state index is 0.0525. The first kappa shape index (κ1) is 11.4. The van der Waals surface area contributed by atoms with Crippen molar-refractivity contribution in [2.24, 2.45) is 0 Å². The number of nitro groups is 1. The zero-order chi connectivity index (χ0) is 9.56. The topological polar surface area (TPSA) is 69.4 Å². The van der Waals surface area contributed by atoms with Gasteiger partial charge in [0, 0.05) is 11.8 Å². The van der Waals surface area contributed by atoms with E-state index in [2.05, 4.69) is 0 Å². The lowest BCUT2D eigenvalue weighted by atomic mass is 10.4. The first-order valence-electron chi connectivity index (χ1n) is 3.39. The summed E-state index contributed by atoms with van der Waals surface area (Å²) in [5.41, 5.74) is 0. The van der Waals surface area contributed by atoms with Gasteiger partial charge in [-0.3, -0.25) is 14.9 Å². The summed E-state index contributed by atoms with van der Waals surface area (Å²) in [7, 11) is 0. The average molecular weight is 193 g/mol. The molecule has 6 heteroatoms. The van der Waals surface area contributed by atoms with Gasteiger partial charge >= 0.3 is 0 Å². The van der Waals surface area contributed by atoms with Crippen LogP contribution in [0.5, 0.6) is 0 Å². The summed E-state index contributed by atoms with van der Waals surface area (Å²) >= 11 is 1.00. The molecule has 0 fully saturated rings. The number of carbonyl (C=O) groups is 1. The lowest BCUT2D eigenvalue weighted by Crippen LogP contribution is -2.19. The minimum Gasteiger partial charge on any atom is -0.361 e. The Balaban J connectivity index is 3.37. The highest BCUT2D eigenvalue weighted by molar-refractivity contribution is 8.13. The molecule has 1 unspecified atom stereocenters. The average Bonchev–Trinajstić information content (AvgIpc) is 1.84. The smallest absolute Gasteiger partial charge is 0.229 e.